The number of thioether (sulfide) groups is 1. The Morgan fingerprint density at radius 2 is 1.43 bits per heavy atom. The number of halogens is 2. The monoisotopic (exact) mass is 679 g/mol. The van der Waals surface area contributed by atoms with Gasteiger partial charge in [-0.05, 0) is 77.7 Å². The van der Waals surface area contributed by atoms with Crippen LogP contribution in [0.1, 0.15) is 29.3 Å². The number of carbonyl (C=O) groups excluding carboxylic acids is 3. The first-order chi connectivity index (χ1) is 22.8. The van der Waals surface area contributed by atoms with E-state index in [4.69, 9.17) is 23.2 Å². The van der Waals surface area contributed by atoms with Gasteiger partial charge >= 0.3 is 0 Å². The van der Waals surface area contributed by atoms with Gasteiger partial charge in [0.2, 0.25) is 5.91 Å². The van der Waals surface area contributed by atoms with Gasteiger partial charge in [-0.25, -0.2) is 0 Å². The zero-order valence-electron chi connectivity index (χ0n) is 25.4. The average molecular weight is 681 g/mol. The van der Waals surface area contributed by atoms with Crippen LogP contribution in [0.4, 0.5) is 11.4 Å². The molecule has 0 aliphatic rings. The number of carbonyl (C=O) groups is 3. The van der Waals surface area contributed by atoms with Crippen LogP contribution in [0.5, 0.6) is 0 Å². The second-order valence-electron chi connectivity index (χ2n) is 10.5. The van der Waals surface area contributed by atoms with Crippen molar-refractivity contribution < 1.29 is 14.4 Å². The molecule has 0 aromatic heterocycles. The van der Waals surface area contributed by atoms with Crippen LogP contribution >= 0.6 is 35.0 Å². The smallest absolute Gasteiger partial charge is 0.272 e. The fourth-order valence-electron chi connectivity index (χ4n) is 4.65. The van der Waals surface area contributed by atoms with Gasteiger partial charge in [-0.2, -0.15) is 0 Å². The second kappa shape index (κ2) is 16.1. The van der Waals surface area contributed by atoms with E-state index in [0.29, 0.717) is 33.4 Å². The van der Waals surface area contributed by atoms with E-state index in [-0.39, 0.29) is 11.6 Å². The van der Waals surface area contributed by atoms with Gasteiger partial charge < -0.3 is 16.0 Å². The van der Waals surface area contributed by atoms with Crippen molar-refractivity contribution in [2.24, 2.45) is 0 Å². The molecule has 0 heterocycles. The minimum absolute atomic E-state index is 0.0774. The Morgan fingerprint density at radius 1 is 0.745 bits per heavy atom. The maximum atomic E-state index is 13.6. The Kier molecular flexibility index (Phi) is 11.5. The molecule has 0 bridgehead atoms. The third-order valence-electron chi connectivity index (χ3n) is 7.08. The number of nitrogens with one attached hydrogen (secondary N) is 3. The summed E-state index contributed by atoms with van der Waals surface area (Å²) in [5.74, 6) is -1.12. The normalized spacial score (nSPS) is 11.8. The predicted octanol–water partition coefficient (Wildman–Crippen LogP) is 9.58. The molecule has 0 radical (unpaired) electrons. The molecule has 0 saturated carbocycles. The van der Waals surface area contributed by atoms with E-state index < -0.39 is 17.1 Å². The molecule has 0 aliphatic carbocycles. The molecule has 3 amide bonds. The number of rotatable bonds is 11. The summed E-state index contributed by atoms with van der Waals surface area (Å²) in [7, 11) is 0. The third-order valence-corrected chi connectivity index (χ3v) is 9.00. The van der Waals surface area contributed by atoms with Gasteiger partial charge in [0.1, 0.15) is 5.70 Å². The first-order valence-electron chi connectivity index (χ1n) is 14.9. The summed E-state index contributed by atoms with van der Waals surface area (Å²) in [6.07, 6.45) is 2.19. The summed E-state index contributed by atoms with van der Waals surface area (Å²) in [5.41, 5.74) is 4.30. The maximum absolute atomic E-state index is 13.6. The van der Waals surface area contributed by atoms with Crippen LogP contribution in [0, 0.1) is 0 Å². The molecule has 0 aliphatic heterocycles. The predicted molar refractivity (Wildman–Crippen MR) is 194 cm³/mol. The van der Waals surface area contributed by atoms with Crippen LogP contribution in [-0.4, -0.2) is 23.0 Å². The first kappa shape index (κ1) is 33.5. The Bertz CT molecular complexity index is 1900. The molecule has 1 unspecified atom stereocenters. The molecule has 5 rings (SSSR count). The summed E-state index contributed by atoms with van der Waals surface area (Å²) in [6, 6.07) is 38.5. The van der Waals surface area contributed by atoms with E-state index in [1.165, 1.54) is 11.8 Å². The first-order valence-corrected chi connectivity index (χ1v) is 16.5. The van der Waals surface area contributed by atoms with Crippen LogP contribution in [0.15, 0.2) is 138 Å². The van der Waals surface area contributed by atoms with Crippen LogP contribution in [0.25, 0.3) is 17.2 Å². The van der Waals surface area contributed by atoms with Crippen LogP contribution in [0.3, 0.4) is 0 Å². The topological polar surface area (TPSA) is 87.3 Å². The summed E-state index contributed by atoms with van der Waals surface area (Å²) < 4.78 is 0. The summed E-state index contributed by atoms with van der Waals surface area (Å²) >= 11 is 13.7. The molecule has 0 fully saturated rings. The largest absolute Gasteiger partial charge is 0.324 e. The summed E-state index contributed by atoms with van der Waals surface area (Å²) in [4.78, 5) is 40.6. The summed E-state index contributed by atoms with van der Waals surface area (Å²) in [5, 5.41) is 8.96. The quantitative estimate of drug-likeness (QED) is 0.0958. The lowest BCUT2D eigenvalue weighted by molar-refractivity contribution is -0.116. The van der Waals surface area contributed by atoms with E-state index in [2.05, 4.69) is 16.0 Å². The molecule has 47 heavy (non-hydrogen) atoms. The lowest BCUT2D eigenvalue weighted by atomic mass is 10.0. The van der Waals surface area contributed by atoms with Crippen LogP contribution in [0.2, 0.25) is 10.0 Å². The highest BCUT2D eigenvalue weighted by atomic mass is 35.5. The zero-order chi connectivity index (χ0) is 33.2. The lowest BCUT2D eigenvalue weighted by Gasteiger charge is -2.16. The van der Waals surface area contributed by atoms with Crippen LogP contribution < -0.4 is 16.0 Å². The fraction of sp³-hybridized carbons (Fsp3) is 0.0789. The van der Waals surface area contributed by atoms with E-state index in [1.807, 2.05) is 73.7 Å². The highest BCUT2D eigenvalue weighted by Gasteiger charge is 2.20. The van der Waals surface area contributed by atoms with Crippen molar-refractivity contribution in [1.82, 2.24) is 5.32 Å². The average Bonchev–Trinajstić information content (AvgIpc) is 3.09. The number of amides is 3. The molecule has 3 N–H and O–H groups in total. The van der Waals surface area contributed by atoms with E-state index >= 15 is 0 Å². The minimum Gasteiger partial charge on any atom is -0.324 e. The molecule has 0 spiro atoms. The molecule has 1 atom stereocenters. The van der Waals surface area contributed by atoms with Gasteiger partial charge in [-0.3, -0.25) is 14.4 Å². The van der Waals surface area contributed by atoms with Crippen molar-refractivity contribution in [3.8, 4) is 11.1 Å². The fourth-order valence-corrected chi connectivity index (χ4v) is 6.00. The molecule has 236 valence electrons. The minimum atomic E-state index is -0.496. The van der Waals surface area contributed by atoms with Gasteiger partial charge in [0.25, 0.3) is 11.8 Å². The van der Waals surface area contributed by atoms with Crippen molar-refractivity contribution in [3.63, 3.8) is 0 Å². The lowest BCUT2D eigenvalue weighted by Crippen LogP contribution is -2.30. The van der Waals surface area contributed by atoms with Crippen molar-refractivity contribution in [1.29, 1.82) is 0 Å². The Hall–Kier alpha value is -4.82. The van der Waals surface area contributed by atoms with Crippen molar-refractivity contribution in [2.45, 2.75) is 23.5 Å². The number of anilines is 2. The van der Waals surface area contributed by atoms with E-state index in [1.54, 1.807) is 66.7 Å². The highest BCUT2D eigenvalue weighted by molar-refractivity contribution is 8.00. The van der Waals surface area contributed by atoms with Crippen molar-refractivity contribution in [3.05, 3.63) is 154 Å². The SMILES string of the molecule is CCC(Sc1cccc(NC(=O)/C(=C\c2ccc(-c3ccccc3)cc2)NC(=O)c2ccccc2)c1)C(=O)Nc1cc(Cl)ccc1Cl. The van der Waals surface area contributed by atoms with Crippen molar-refractivity contribution in [2.75, 3.05) is 10.6 Å². The van der Waals surface area contributed by atoms with Gasteiger partial charge in [0.15, 0.2) is 0 Å². The Labute approximate surface area is 288 Å². The third kappa shape index (κ3) is 9.36. The standard InChI is InChI=1S/C38H31Cl2N3O3S/c1-2-35(38(46)42-33-23-29(39)20-21-32(33)40)47-31-15-9-14-30(24-31)41-37(45)34(43-36(44)28-12-7-4-8-13-28)22-25-16-18-27(19-17-25)26-10-5-3-6-11-26/h3-24,35H,2H2,1H3,(H,41,45)(H,42,46)(H,43,44)/b34-22+. The molecule has 5 aromatic rings. The molecule has 6 nitrogen and oxygen atoms in total. The Balaban J connectivity index is 1.33. The summed E-state index contributed by atoms with van der Waals surface area (Å²) in [6.45, 7) is 1.92. The van der Waals surface area contributed by atoms with Crippen molar-refractivity contribution >= 4 is 70.1 Å². The second-order valence-corrected chi connectivity index (χ2v) is 12.6. The molecule has 9 heteroatoms. The van der Waals surface area contributed by atoms with E-state index in [9.17, 15) is 14.4 Å². The maximum Gasteiger partial charge on any atom is 0.272 e. The van der Waals surface area contributed by atoms with Gasteiger partial charge in [0.05, 0.1) is 16.0 Å². The Morgan fingerprint density at radius 3 is 2.13 bits per heavy atom. The van der Waals surface area contributed by atoms with Crippen LogP contribution in [-0.2, 0) is 9.59 Å². The zero-order valence-corrected chi connectivity index (χ0v) is 27.7. The van der Waals surface area contributed by atoms with Gasteiger partial charge in [-0.15, -0.1) is 11.8 Å². The number of benzene rings is 5. The van der Waals surface area contributed by atoms with Gasteiger partial charge in [0, 0.05) is 21.2 Å². The van der Waals surface area contributed by atoms with E-state index in [0.717, 1.165) is 21.6 Å². The molecule has 0 saturated heterocycles. The molecular weight excluding hydrogens is 649 g/mol. The number of hydrogen-bond donors (Lipinski definition) is 3. The molecule has 5 aromatic carbocycles. The molecular formula is C38H31Cl2N3O3S. The highest BCUT2D eigenvalue weighted by Crippen LogP contribution is 2.31. The van der Waals surface area contributed by atoms with Gasteiger partial charge in [-0.1, -0.05) is 109 Å². The number of hydrogen-bond acceptors (Lipinski definition) is 4.